The highest BCUT2D eigenvalue weighted by atomic mass is 16.5. The summed E-state index contributed by atoms with van der Waals surface area (Å²) in [6.07, 6.45) is 0.0686. The lowest BCUT2D eigenvalue weighted by molar-refractivity contribution is -0.0406. The molecule has 19 heavy (non-hydrogen) atoms. The van der Waals surface area contributed by atoms with Crippen LogP contribution in [0, 0.1) is 11.3 Å². The Hall–Kier alpha value is -1.77. The molecular weight excluding hydrogens is 244 g/mol. The Balaban J connectivity index is 1.97. The molecule has 1 aromatic rings. The third-order valence-corrected chi connectivity index (χ3v) is 3.06. The van der Waals surface area contributed by atoms with Crippen molar-refractivity contribution in [1.82, 2.24) is 4.90 Å². The van der Waals surface area contributed by atoms with E-state index in [1.54, 1.807) is 25.3 Å². The van der Waals surface area contributed by atoms with Gasteiger partial charge in [-0.15, -0.1) is 0 Å². The van der Waals surface area contributed by atoms with Gasteiger partial charge in [-0.05, 0) is 19.2 Å². The van der Waals surface area contributed by atoms with E-state index in [0.29, 0.717) is 23.7 Å². The fourth-order valence-corrected chi connectivity index (χ4v) is 2.01. The third kappa shape index (κ3) is 3.60. The summed E-state index contributed by atoms with van der Waals surface area (Å²) in [6, 6.07) is 7.21. The summed E-state index contributed by atoms with van der Waals surface area (Å²) in [5.74, 6) is 1.21. The number of benzene rings is 1. The Morgan fingerprint density at radius 2 is 2.32 bits per heavy atom. The van der Waals surface area contributed by atoms with Gasteiger partial charge in [-0.1, -0.05) is 0 Å². The molecule has 5 heteroatoms. The molecule has 1 aliphatic rings. The lowest BCUT2D eigenvalue weighted by Gasteiger charge is -2.29. The van der Waals surface area contributed by atoms with Crippen molar-refractivity contribution >= 4 is 0 Å². The number of nitrogens with zero attached hydrogens (tertiary/aromatic N) is 2. The molecule has 1 saturated heterocycles. The second-order valence-electron chi connectivity index (χ2n) is 4.54. The minimum absolute atomic E-state index is 0.0686. The zero-order valence-electron chi connectivity index (χ0n) is 11.3. The van der Waals surface area contributed by atoms with Gasteiger partial charge >= 0.3 is 0 Å². The van der Waals surface area contributed by atoms with Crippen LogP contribution in [0.25, 0.3) is 0 Å². The highest BCUT2D eigenvalue weighted by molar-refractivity contribution is 5.46. The van der Waals surface area contributed by atoms with Crippen molar-refractivity contribution in [2.75, 3.05) is 40.5 Å². The minimum Gasteiger partial charge on any atom is -0.493 e. The van der Waals surface area contributed by atoms with Crippen LogP contribution in [-0.2, 0) is 4.74 Å². The van der Waals surface area contributed by atoms with E-state index in [9.17, 15) is 0 Å². The van der Waals surface area contributed by atoms with Crippen LogP contribution >= 0.6 is 0 Å². The summed E-state index contributed by atoms with van der Waals surface area (Å²) in [7, 11) is 3.63. The van der Waals surface area contributed by atoms with Gasteiger partial charge in [-0.3, -0.25) is 0 Å². The first-order valence-corrected chi connectivity index (χ1v) is 6.24. The van der Waals surface area contributed by atoms with Crippen molar-refractivity contribution in [2.45, 2.75) is 6.10 Å². The first-order chi connectivity index (χ1) is 9.22. The summed E-state index contributed by atoms with van der Waals surface area (Å²) >= 11 is 0. The number of nitriles is 1. The van der Waals surface area contributed by atoms with Crippen LogP contribution in [-0.4, -0.2) is 51.5 Å². The van der Waals surface area contributed by atoms with Crippen LogP contribution in [0.15, 0.2) is 18.2 Å². The number of hydrogen-bond acceptors (Lipinski definition) is 5. The molecular formula is C14H18N2O3. The van der Waals surface area contributed by atoms with E-state index in [1.165, 1.54) is 0 Å². The fourth-order valence-electron chi connectivity index (χ4n) is 2.01. The maximum absolute atomic E-state index is 8.84. The van der Waals surface area contributed by atoms with Gasteiger partial charge in [0, 0.05) is 19.2 Å². The van der Waals surface area contributed by atoms with Crippen LogP contribution < -0.4 is 9.47 Å². The Morgan fingerprint density at radius 3 is 3.00 bits per heavy atom. The van der Waals surface area contributed by atoms with E-state index in [2.05, 4.69) is 18.0 Å². The summed E-state index contributed by atoms with van der Waals surface area (Å²) in [6.45, 7) is 3.02. The molecule has 1 heterocycles. The fraction of sp³-hybridized carbons (Fsp3) is 0.500. The lowest BCUT2D eigenvalue weighted by atomic mass is 10.2. The first kappa shape index (κ1) is 13.7. The Bertz CT molecular complexity index is 470. The van der Waals surface area contributed by atoms with Gasteiger partial charge in [-0.25, -0.2) is 0 Å². The number of hydrogen-bond donors (Lipinski definition) is 0. The predicted octanol–water partition coefficient (Wildman–Crippen LogP) is 1.28. The van der Waals surface area contributed by atoms with Gasteiger partial charge in [0.1, 0.15) is 12.7 Å². The normalized spacial score (nSPS) is 19.7. The molecule has 0 saturated carbocycles. The maximum atomic E-state index is 8.84. The van der Waals surface area contributed by atoms with Crippen molar-refractivity contribution in [3.63, 3.8) is 0 Å². The number of methoxy groups -OCH3 is 1. The topological polar surface area (TPSA) is 54.7 Å². The van der Waals surface area contributed by atoms with Crippen LogP contribution in [0.2, 0.25) is 0 Å². The summed E-state index contributed by atoms with van der Waals surface area (Å²) in [4.78, 5) is 2.22. The minimum atomic E-state index is 0.0686. The average Bonchev–Trinajstić information content (AvgIpc) is 2.45. The second-order valence-corrected chi connectivity index (χ2v) is 4.54. The molecule has 0 radical (unpaired) electrons. The maximum Gasteiger partial charge on any atom is 0.162 e. The molecule has 1 unspecified atom stereocenters. The molecule has 0 N–H and O–H groups in total. The summed E-state index contributed by atoms with van der Waals surface area (Å²) < 4.78 is 16.6. The first-order valence-electron chi connectivity index (χ1n) is 6.24. The molecule has 1 fully saturated rings. The predicted molar refractivity (Wildman–Crippen MR) is 70.4 cm³/mol. The van der Waals surface area contributed by atoms with Gasteiger partial charge in [-0.2, -0.15) is 5.26 Å². The van der Waals surface area contributed by atoms with Crippen LogP contribution in [0.1, 0.15) is 5.56 Å². The molecule has 1 atom stereocenters. The van der Waals surface area contributed by atoms with Gasteiger partial charge in [0.15, 0.2) is 11.5 Å². The summed E-state index contributed by atoms with van der Waals surface area (Å²) in [5.41, 5.74) is 0.554. The number of morpholine rings is 1. The Labute approximate surface area is 113 Å². The van der Waals surface area contributed by atoms with Gasteiger partial charge in [0.2, 0.25) is 0 Å². The van der Waals surface area contributed by atoms with Crippen molar-refractivity contribution in [3.8, 4) is 17.6 Å². The molecule has 0 amide bonds. The standard InChI is InChI=1S/C14H18N2O3/c1-16-5-6-18-12(9-16)10-19-13-4-3-11(8-15)7-14(13)17-2/h3-4,7,12H,5-6,9-10H2,1-2H3. The van der Waals surface area contributed by atoms with E-state index < -0.39 is 0 Å². The molecule has 0 spiro atoms. The van der Waals surface area contributed by atoms with Gasteiger partial charge in [0.25, 0.3) is 0 Å². The van der Waals surface area contributed by atoms with Crippen molar-refractivity contribution in [3.05, 3.63) is 23.8 Å². The van der Waals surface area contributed by atoms with Crippen molar-refractivity contribution in [2.24, 2.45) is 0 Å². The monoisotopic (exact) mass is 262 g/mol. The molecule has 2 rings (SSSR count). The van der Waals surface area contributed by atoms with Crippen LogP contribution in [0.4, 0.5) is 0 Å². The Morgan fingerprint density at radius 1 is 1.47 bits per heavy atom. The third-order valence-electron chi connectivity index (χ3n) is 3.06. The van der Waals surface area contributed by atoms with Gasteiger partial charge in [0.05, 0.1) is 25.3 Å². The summed E-state index contributed by atoms with van der Waals surface area (Å²) in [5, 5.41) is 8.84. The SMILES string of the molecule is COc1cc(C#N)ccc1OCC1CN(C)CCO1. The average molecular weight is 262 g/mol. The Kier molecular flexibility index (Phi) is 4.61. The molecule has 102 valence electrons. The number of rotatable bonds is 4. The molecule has 5 nitrogen and oxygen atoms in total. The van der Waals surface area contributed by atoms with Crippen LogP contribution in [0.5, 0.6) is 11.5 Å². The van der Waals surface area contributed by atoms with E-state index in [0.717, 1.165) is 19.7 Å². The van der Waals surface area contributed by atoms with Crippen molar-refractivity contribution in [1.29, 1.82) is 5.26 Å². The largest absolute Gasteiger partial charge is 0.493 e. The van der Waals surface area contributed by atoms with E-state index >= 15 is 0 Å². The zero-order chi connectivity index (χ0) is 13.7. The van der Waals surface area contributed by atoms with Crippen molar-refractivity contribution < 1.29 is 14.2 Å². The van der Waals surface area contributed by atoms with E-state index in [-0.39, 0.29) is 6.10 Å². The molecule has 0 aliphatic carbocycles. The van der Waals surface area contributed by atoms with E-state index in [1.807, 2.05) is 0 Å². The van der Waals surface area contributed by atoms with Gasteiger partial charge < -0.3 is 19.1 Å². The molecule has 1 aromatic carbocycles. The molecule has 0 aromatic heterocycles. The lowest BCUT2D eigenvalue weighted by Crippen LogP contribution is -2.42. The molecule has 0 bridgehead atoms. The van der Waals surface area contributed by atoms with E-state index in [4.69, 9.17) is 19.5 Å². The highest BCUT2D eigenvalue weighted by Crippen LogP contribution is 2.28. The number of likely N-dealkylation sites (N-methyl/N-ethyl adjacent to an activating group) is 1. The number of ether oxygens (including phenoxy) is 3. The smallest absolute Gasteiger partial charge is 0.162 e. The zero-order valence-corrected chi connectivity index (χ0v) is 11.3. The highest BCUT2D eigenvalue weighted by Gasteiger charge is 2.19. The van der Waals surface area contributed by atoms with Crippen LogP contribution in [0.3, 0.4) is 0 Å². The molecule has 1 aliphatic heterocycles. The quantitative estimate of drug-likeness (QED) is 0.818. The second kappa shape index (κ2) is 6.41.